The maximum atomic E-state index is 13.8. The third kappa shape index (κ3) is 4.05. The zero-order chi connectivity index (χ0) is 21.6. The summed E-state index contributed by atoms with van der Waals surface area (Å²) in [4.78, 5) is 13.5. The van der Waals surface area contributed by atoms with Gasteiger partial charge in [-0.15, -0.1) is 11.3 Å². The van der Waals surface area contributed by atoms with Gasteiger partial charge in [-0.1, -0.05) is 29.3 Å². The number of carbonyl (C=O) groups excluding carboxylic acids is 1. The summed E-state index contributed by atoms with van der Waals surface area (Å²) >= 11 is 16.6. The van der Waals surface area contributed by atoms with Crippen molar-refractivity contribution in [2.45, 2.75) is 24.7 Å². The van der Waals surface area contributed by atoms with Crippen molar-refractivity contribution in [1.82, 2.24) is 9.78 Å². The lowest BCUT2D eigenvalue weighted by Crippen LogP contribution is -2.35. The van der Waals surface area contributed by atoms with Crippen molar-refractivity contribution in [3.63, 3.8) is 0 Å². The number of aromatic nitrogens is 2. The van der Waals surface area contributed by atoms with Crippen LogP contribution in [0.25, 0.3) is 0 Å². The number of amides is 1. The van der Waals surface area contributed by atoms with Gasteiger partial charge in [-0.3, -0.25) is 4.79 Å². The highest BCUT2D eigenvalue weighted by molar-refractivity contribution is 9.10. The number of alkyl halides is 3. The minimum absolute atomic E-state index is 0.0873. The van der Waals surface area contributed by atoms with Crippen LogP contribution in [0.5, 0.6) is 0 Å². The van der Waals surface area contributed by atoms with Gasteiger partial charge in [0.15, 0.2) is 11.7 Å². The number of nitrogens with one attached hydrogen (secondary N) is 2. The first-order chi connectivity index (χ1) is 14.1. The van der Waals surface area contributed by atoms with Crippen molar-refractivity contribution in [1.29, 1.82) is 0 Å². The van der Waals surface area contributed by atoms with E-state index in [1.165, 1.54) is 23.5 Å². The largest absolute Gasteiger partial charge is 0.410 e. The van der Waals surface area contributed by atoms with Crippen molar-refractivity contribution < 1.29 is 18.0 Å². The lowest BCUT2D eigenvalue weighted by molar-refractivity contribution is -0.173. The number of hydrogen-bond acceptors (Lipinski definition) is 4. The summed E-state index contributed by atoms with van der Waals surface area (Å²) in [6.45, 7) is 0. The van der Waals surface area contributed by atoms with E-state index in [0.717, 1.165) is 9.56 Å². The van der Waals surface area contributed by atoms with E-state index >= 15 is 0 Å². The van der Waals surface area contributed by atoms with E-state index in [9.17, 15) is 18.0 Å². The van der Waals surface area contributed by atoms with Crippen LogP contribution in [-0.2, 0) is 0 Å². The Hall–Kier alpha value is -1.75. The summed E-state index contributed by atoms with van der Waals surface area (Å²) in [5, 5.41) is 11.9. The number of anilines is 2. The number of benzene rings is 1. The number of nitrogens with zero attached hydrogens (tertiary/aromatic N) is 2. The number of thiophene rings is 1. The van der Waals surface area contributed by atoms with E-state index in [-0.39, 0.29) is 33.1 Å². The van der Waals surface area contributed by atoms with Gasteiger partial charge in [0.2, 0.25) is 0 Å². The van der Waals surface area contributed by atoms with Crippen molar-refractivity contribution >= 4 is 67.9 Å². The van der Waals surface area contributed by atoms with Crippen LogP contribution in [-0.4, -0.2) is 21.9 Å². The van der Waals surface area contributed by atoms with Crippen LogP contribution in [0.4, 0.5) is 24.7 Å². The van der Waals surface area contributed by atoms with Gasteiger partial charge in [-0.25, -0.2) is 4.68 Å². The van der Waals surface area contributed by atoms with Gasteiger partial charge in [0.25, 0.3) is 5.91 Å². The fourth-order valence-corrected chi connectivity index (χ4v) is 4.87. The molecule has 12 heteroatoms. The standard InChI is InChI=1S/C18H12BrCl2F3N4OS/c19-14-15(17(29)26-10-6-8(20)3-4-9(10)21)27-28-13(18(22,23)24)7-11(25-16(14)28)12-2-1-5-30-12/h1-6,11,13,25H,7H2,(H,26,29)/t11-,13-/m1/s1. The molecule has 4 rings (SSSR count). The second kappa shape index (κ2) is 8.07. The van der Waals surface area contributed by atoms with Crippen molar-refractivity contribution in [2.24, 2.45) is 0 Å². The predicted molar refractivity (Wildman–Crippen MR) is 115 cm³/mol. The summed E-state index contributed by atoms with van der Waals surface area (Å²) in [6, 6.07) is 5.59. The minimum Gasteiger partial charge on any atom is -0.362 e. The summed E-state index contributed by atoms with van der Waals surface area (Å²) in [5.41, 5.74) is 0.0263. The molecule has 0 spiro atoms. The van der Waals surface area contributed by atoms with Crippen LogP contribution >= 0.6 is 50.5 Å². The monoisotopic (exact) mass is 538 g/mol. The quantitative estimate of drug-likeness (QED) is 0.379. The maximum Gasteiger partial charge on any atom is 0.410 e. The first kappa shape index (κ1) is 21.5. The summed E-state index contributed by atoms with van der Waals surface area (Å²) in [7, 11) is 0. The molecule has 0 aliphatic carbocycles. The molecule has 2 aromatic heterocycles. The smallest absolute Gasteiger partial charge is 0.362 e. The molecule has 1 aromatic carbocycles. The number of hydrogen-bond donors (Lipinski definition) is 2. The Morgan fingerprint density at radius 1 is 1.33 bits per heavy atom. The molecule has 0 unspecified atom stereocenters. The highest BCUT2D eigenvalue weighted by atomic mass is 79.9. The zero-order valence-electron chi connectivity index (χ0n) is 14.8. The molecular weight excluding hydrogens is 528 g/mol. The van der Waals surface area contributed by atoms with Crippen LogP contribution in [0.15, 0.2) is 40.2 Å². The zero-order valence-corrected chi connectivity index (χ0v) is 18.7. The van der Waals surface area contributed by atoms with Crippen molar-refractivity contribution in [2.75, 3.05) is 10.6 Å². The Kier molecular flexibility index (Phi) is 5.78. The van der Waals surface area contributed by atoms with E-state index in [2.05, 4.69) is 31.7 Å². The molecular formula is C18H12BrCl2F3N4OS. The molecule has 30 heavy (non-hydrogen) atoms. The second-order valence-electron chi connectivity index (χ2n) is 6.54. The van der Waals surface area contributed by atoms with Crippen LogP contribution in [0.1, 0.15) is 33.9 Å². The molecule has 0 saturated heterocycles. The third-order valence-electron chi connectivity index (χ3n) is 4.57. The molecule has 1 aliphatic rings. The molecule has 0 radical (unpaired) electrons. The molecule has 1 amide bonds. The van der Waals surface area contributed by atoms with E-state index in [1.54, 1.807) is 23.6 Å². The lowest BCUT2D eigenvalue weighted by Gasteiger charge is -2.33. The van der Waals surface area contributed by atoms with Gasteiger partial charge in [-0.05, 0) is 45.6 Å². The average molecular weight is 540 g/mol. The highest BCUT2D eigenvalue weighted by Crippen LogP contribution is 2.47. The first-order valence-corrected chi connectivity index (χ1v) is 11.0. The van der Waals surface area contributed by atoms with Gasteiger partial charge in [0, 0.05) is 16.3 Å². The van der Waals surface area contributed by atoms with Gasteiger partial charge in [0.05, 0.1) is 21.2 Å². The van der Waals surface area contributed by atoms with E-state index in [1.807, 2.05) is 0 Å². The number of carbonyl (C=O) groups is 1. The summed E-state index contributed by atoms with van der Waals surface area (Å²) in [6.07, 6.45) is -4.78. The van der Waals surface area contributed by atoms with Gasteiger partial charge < -0.3 is 10.6 Å². The summed E-state index contributed by atoms with van der Waals surface area (Å²) in [5.74, 6) is -0.632. The molecule has 0 bridgehead atoms. The Labute approximate surface area is 191 Å². The van der Waals surface area contributed by atoms with Crippen molar-refractivity contribution in [3.05, 3.63) is 60.8 Å². The number of halogens is 6. The van der Waals surface area contributed by atoms with Gasteiger partial charge in [0.1, 0.15) is 5.82 Å². The molecule has 1 aliphatic heterocycles. The van der Waals surface area contributed by atoms with E-state index in [0.29, 0.717) is 5.02 Å². The molecule has 158 valence electrons. The number of fused-ring (bicyclic) bond motifs is 1. The normalized spacial score (nSPS) is 18.6. The third-order valence-corrected chi connectivity index (χ3v) is 6.88. The molecule has 0 saturated carbocycles. The molecule has 2 N–H and O–H groups in total. The topological polar surface area (TPSA) is 59.0 Å². The van der Waals surface area contributed by atoms with E-state index in [4.69, 9.17) is 23.2 Å². The first-order valence-electron chi connectivity index (χ1n) is 8.56. The predicted octanol–water partition coefficient (Wildman–Crippen LogP) is 6.93. The maximum absolute atomic E-state index is 13.8. The van der Waals surface area contributed by atoms with Crippen LogP contribution in [0.2, 0.25) is 10.0 Å². The molecule has 0 fully saturated rings. The lowest BCUT2D eigenvalue weighted by atomic mass is 10.0. The number of rotatable bonds is 3. The fourth-order valence-electron chi connectivity index (χ4n) is 3.19. The summed E-state index contributed by atoms with van der Waals surface area (Å²) < 4.78 is 42.3. The average Bonchev–Trinajstić information content (AvgIpc) is 3.32. The molecule has 5 nitrogen and oxygen atoms in total. The van der Waals surface area contributed by atoms with Crippen LogP contribution in [0.3, 0.4) is 0 Å². The Bertz CT molecular complexity index is 1100. The fraction of sp³-hybridized carbons (Fsp3) is 0.222. The SMILES string of the molecule is O=C(Nc1cc(Cl)ccc1Cl)c1nn2c(c1Br)N[C@@H](c1cccs1)C[C@@H]2C(F)(F)F. The van der Waals surface area contributed by atoms with Gasteiger partial charge >= 0.3 is 6.18 Å². The minimum atomic E-state index is -4.54. The Morgan fingerprint density at radius 2 is 2.10 bits per heavy atom. The molecule has 3 heterocycles. The van der Waals surface area contributed by atoms with Crippen LogP contribution in [0, 0.1) is 0 Å². The van der Waals surface area contributed by atoms with Crippen molar-refractivity contribution in [3.8, 4) is 0 Å². The Morgan fingerprint density at radius 3 is 2.77 bits per heavy atom. The molecule has 2 atom stereocenters. The molecule has 3 aromatic rings. The second-order valence-corrected chi connectivity index (χ2v) is 9.16. The van der Waals surface area contributed by atoms with Gasteiger partial charge in [-0.2, -0.15) is 18.3 Å². The Balaban J connectivity index is 1.71. The highest BCUT2D eigenvalue weighted by Gasteiger charge is 2.48. The van der Waals surface area contributed by atoms with Crippen LogP contribution < -0.4 is 10.6 Å². The van der Waals surface area contributed by atoms with E-state index < -0.39 is 24.2 Å².